The van der Waals surface area contributed by atoms with Crippen molar-refractivity contribution < 1.29 is 34.3 Å². The molecular formula is C4H8Cl2O4Rh. The molecule has 0 aromatic rings. The first-order valence-electron chi connectivity index (χ1n) is 1.41. The zero-order valence-corrected chi connectivity index (χ0v) is 8.70. The van der Waals surface area contributed by atoms with Crippen LogP contribution in [0.2, 0.25) is 0 Å². The van der Waals surface area contributed by atoms with Gasteiger partial charge < -0.3 is 19.2 Å². The second-order valence-corrected chi connectivity index (χ2v) is 2.54. The Morgan fingerprint density at radius 1 is 0.636 bits per heavy atom. The van der Waals surface area contributed by atoms with Crippen LogP contribution in [-0.2, 0) is 34.3 Å². The summed E-state index contributed by atoms with van der Waals surface area (Å²) in [5.74, 6) is 0. The molecule has 0 heterocycles. The van der Waals surface area contributed by atoms with Gasteiger partial charge in [-0.25, -0.2) is 0 Å². The van der Waals surface area contributed by atoms with E-state index in [1.54, 1.807) is 0 Å². The molecule has 0 unspecified atom stereocenters. The van der Waals surface area contributed by atoms with Crippen molar-refractivity contribution in [1.82, 2.24) is 0 Å². The van der Waals surface area contributed by atoms with E-state index >= 15 is 0 Å². The van der Waals surface area contributed by atoms with Crippen LogP contribution < -0.4 is 0 Å². The van der Waals surface area contributed by atoms with Gasteiger partial charge in [-0.05, 0) is 0 Å². The fourth-order valence-corrected chi connectivity index (χ4v) is 0. The van der Waals surface area contributed by atoms with Gasteiger partial charge in [-0.2, -0.15) is 0 Å². The van der Waals surface area contributed by atoms with E-state index in [2.05, 4.69) is 0 Å². The first-order valence-corrected chi connectivity index (χ1v) is 5.63. The summed E-state index contributed by atoms with van der Waals surface area (Å²) < 4.78 is 0. The zero-order chi connectivity index (χ0) is 10.7. The third kappa shape index (κ3) is 45200. The number of hydrogen-bond acceptors (Lipinski definition) is 4. The van der Waals surface area contributed by atoms with E-state index in [1.165, 1.54) is 0 Å². The summed E-state index contributed by atoms with van der Waals surface area (Å²) in [6.07, 6.45) is 0. The van der Waals surface area contributed by atoms with Gasteiger partial charge in [0, 0.05) is 0 Å². The molecule has 4 nitrogen and oxygen atoms in total. The zero-order valence-electron chi connectivity index (χ0n) is 5.55. The molecule has 0 amide bonds. The monoisotopic (exact) mass is 293 g/mol. The Bertz CT molecular complexity index is 35.3. The molecule has 0 aliphatic heterocycles. The van der Waals surface area contributed by atoms with E-state index < -0.39 is 0 Å². The molecule has 0 saturated carbocycles. The molecule has 0 spiro atoms. The molecule has 0 atom stereocenters. The molecule has 0 bridgehead atoms. The van der Waals surface area contributed by atoms with Crippen LogP contribution in [0.1, 0.15) is 0 Å². The van der Waals surface area contributed by atoms with Crippen molar-refractivity contribution in [3.05, 3.63) is 0 Å². The second kappa shape index (κ2) is 999. The molecule has 0 saturated heterocycles. The third-order valence-electron chi connectivity index (χ3n) is 0. The quantitative estimate of drug-likeness (QED) is 0.615. The number of hydrogen-bond donors (Lipinski definition) is 0. The molecule has 0 fully saturated rings. The van der Waals surface area contributed by atoms with Crippen LogP contribution in [0.5, 0.6) is 0 Å². The Kier molecular flexibility index (Phi) is 2790. The Hall–Kier alpha value is -0.117. The average Bonchev–Trinajstić information content (AvgIpc) is 2.18. The topological polar surface area (TPSA) is 68.3 Å². The third-order valence-corrected chi connectivity index (χ3v) is 0. The molecular weight excluding hydrogens is 286 g/mol. The number of carbonyl (C=O) groups is 4. The van der Waals surface area contributed by atoms with Gasteiger partial charge in [-0.1, -0.05) is 0 Å². The Balaban J connectivity index is -0.0000000139. The molecule has 71 valence electrons. The van der Waals surface area contributed by atoms with Gasteiger partial charge in [0.25, 0.3) is 0 Å². The standard InChI is InChI=1S/4CH2O.2ClH.Rh/c4*1-2;;;/h4*1H2;2*1H;/q;;;;;;+2/p-2. The summed E-state index contributed by atoms with van der Waals surface area (Å²) in [7, 11) is 9.67. The molecule has 0 aliphatic rings. The van der Waals surface area contributed by atoms with Gasteiger partial charge in [0.1, 0.15) is 27.2 Å². The van der Waals surface area contributed by atoms with Crippen LogP contribution in [0, 0.1) is 0 Å². The van der Waals surface area contributed by atoms with E-state index in [1.807, 2.05) is 27.2 Å². The SMILES string of the molecule is C=O.C=O.C=O.C=O.[Cl][Rh][Cl]. The van der Waals surface area contributed by atoms with Crippen LogP contribution in [0.25, 0.3) is 0 Å². The summed E-state index contributed by atoms with van der Waals surface area (Å²) in [5, 5.41) is 0. The number of halogens is 2. The van der Waals surface area contributed by atoms with E-state index in [0.717, 1.165) is 0 Å². The summed E-state index contributed by atoms with van der Waals surface area (Å²) >= 11 is -0.226. The van der Waals surface area contributed by atoms with Crippen LogP contribution in [0.3, 0.4) is 0 Å². The van der Waals surface area contributed by atoms with Crippen molar-refractivity contribution in [1.29, 1.82) is 0 Å². The van der Waals surface area contributed by atoms with Gasteiger partial charge in [0.05, 0.1) is 0 Å². The Morgan fingerprint density at radius 3 is 0.636 bits per heavy atom. The molecule has 0 radical (unpaired) electrons. The van der Waals surface area contributed by atoms with Gasteiger partial charge in [0.2, 0.25) is 0 Å². The molecule has 11 heavy (non-hydrogen) atoms. The van der Waals surface area contributed by atoms with Gasteiger partial charge >= 0.3 is 34.5 Å². The summed E-state index contributed by atoms with van der Waals surface area (Å²) in [6, 6.07) is 0. The predicted molar refractivity (Wildman–Crippen MR) is 40.2 cm³/mol. The van der Waals surface area contributed by atoms with Crippen molar-refractivity contribution >= 4 is 46.5 Å². The summed E-state index contributed by atoms with van der Waals surface area (Å²) in [5.41, 5.74) is 0. The van der Waals surface area contributed by atoms with E-state index in [9.17, 15) is 0 Å². The minimum absolute atomic E-state index is 0.226. The maximum absolute atomic E-state index is 8.00. The Labute approximate surface area is 80.9 Å². The molecule has 0 aromatic carbocycles. The van der Waals surface area contributed by atoms with Crippen molar-refractivity contribution in [2.45, 2.75) is 0 Å². The van der Waals surface area contributed by atoms with Crippen LogP contribution in [-0.4, -0.2) is 27.2 Å². The molecule has 0 N–H and O–H groups in total. The maximum atomic E-state index is 8.00. The Morgan fingerprint density at radius 2 is 0.636 bits per heavy atom. The van der Waals surface area contributed by atoms with Crippen LogP contribution in [0.4, 0.5) is 0 Å². The average molecular weight is 294 g/mol. The normalized spacial score (nSPS) is 3.45. The second-order valence-electron chi connectivity index (χ2n) is 0.0476. The fraction of sp³-hybridized carbons (Fsp3) is 0. The van der Waals surface area contributed by atoms with Crippen molar-refractivity contribution in [2.75, 3.05) is 0 Å². The summed E-state index contributed by atoms with van der Waals surface area (Å²) in [4.78, 5) is 32.0. The van der Waals surface area contributed by atoms with Gasteiger partial charge in [-0.3, -0.25) is 0 Å². The molecule has 0 aromatic heterocycles. The van der Waals surface area contributed by atoms with E-state index in [-0.39, 0.29) is 15.1 Å². The molecule has 0 aliphatic carbocycles. The van der Waals surface area contributed by atoms with Crippen LogP contribution in [0.15, 0.2) is 0 Å². The van der Waals surface area contributed by atoms with Gasteiger partial charge in [-0.15, -0.1) is 0 Å². The van der Waals surface area contributed by atoms with Crippen LogP contribution >= 0.6 is 19.4 Å². The molecule has 0 rings (SSSR count). The van der Waals surface area contributed by atoms with Crippen molar-refractivity contribution in [3.8, 4) is 0 Å². The first kappa shape index (κ1) is 30.7. The number of rotatable bonds is 0. The summed E-state index contributed by atoms with van der Waals surface area (Å²) in [6.45, 7) is 8.00. The predicted octanol–water partition coefficient (Wildman–Crippen LogP) is 0.637. The van der Waals surface area contributed by atoms with E-state index in [4.69, 9.17) is 38.6 Å². The van der Waals surface area contributed by atoms with Crippen molar-refractivity contribution in [2.24, 2.45) is 0 Å². The van der Waals surface area contributed by atoms with Gasteiger partial charge in [0.15, 0.2) is 0 Å². The number of carbonyl (C=O) groups excluding carboxylic acids is 4. The molecule has 7 heteroatoms. The minimum atomic E-state index is -0.226. The van der Waals surface area contributed by atoms with E-state index in [0.29, 0.717) is 0 Å². The fourth-order valence-electron chi connectivity index (χ4n) is 0. The van der Waals surface area contributed by atoms with Crippen molar-refractivity contribution in [3.63, 3.8) is 0 Å². The first-order chi connectivity index (χ1) is 5.41.